The number of amides is 1. The first-order valence-corrected chi connectivity index (χ1v) is 7.27. The molecule has 5 nitrogen and oxygen atoms in total. The van der Waals surface area contributed by atoms with Gasteiger partial charge in [0.25, 0.3) is 0 Å². The average molecular weight is 289 g/mol. The summed E-state index contributed by atoms with van der Waals surface area (Å²) >= 11 is 0. The summed E-state index contributed by atoms with van der Waals surface area (Å²) in [5, 5.41) is 29.7. The number of carbonyl (C=O) groups is 1. The molecule has 0 fully saturated rings. The zero-order valence-electron chi connectivity index (χ0n) is 13.6. The SMILES string of the molecule is CCC(C)C(O)C(O)C(O)CN(C)C(=O)CC(C)(C)C. The van der Waals surface area contributed by atoms with Gasteiger partial charge < -0.3 is 20.2 Å². The van der Waals surface area contributed by atoms with Crippen molar-refractivity contribution in [2.24, 2.45) is 11.3 Å². The molecule has 0 heterocycles. The molecule has 4 atom stereocenters. The fourth-order valence-electron chi connectivity index (χ4n) is 1.88. The summed E-state index contributed by atoms with van der Waals surface area (Å²) in [5.74, 6) is -0.183. The average Bonchev–Trinajstić information content (AvgIpc) is 2.33. The fourth-order valence-corrected chi connectivity index (χ4v) is 1.88. The molecule has 0 radical (unpaired) electrons. The Bertz CT molecular complexity index is 301. The highest BCUT2D eigenvalue weighted by Crippen LogP contribution is 2.20. The third-order valence-corrected chi connectivity index (χ3v) is 3.54. The summed E-state index contributed by atoms with van der Waals surface area (Å²) < 4.78 is 0. The van der Waals surface area contributed by atoms with Gasteiger partial charge in [-0.2, -0.15) is 0 Å². The van der Waals surface area contributed by atoms with E-state index in [4.69, 9.17) is 0 Å². The van der Waals surface area contributed by atoms with Gasteiger partial charge in [0, 0.05) is 20.0 Å². The Morgan fingerprint density at radius 1 is 1.15 bits per heavy atom. The van der Waals surface area contributed by atoms with Gasteiger partial charge >= 0.3 is 0 Å². The van der Waals surface area contributed by atoms with Crippen molar-refractivity contribution in [2.45, 2.75) is 65.8 Å². The molecular formula is C15H31NO4. The van der Waals surface area contributed by atoms with Gasteiger partial charge in [-0.25, -0.2) is 0 Å². The van der Waals surface area contributed by atoms with Gasteiger partial charge in [0.15, 0.2) is 0 Å². The van der Waals surface area contributed by atoms with Crippen LogP contribution in [0.3, 0.4) is 0 Å². The van der Waals surface area contributed by atoms with E-state index in [2.05, 4.69) is 0 Å². The Labute approximate surface area is 122 Å². The minimum absolute atomic E-state index is 0.0174. The van der Waals surface area contributed by atoms with Crippen LogP contribution in [-0.4, -0.2) is 58.0 Å². The molecule has 0 aromatic rings. The standard InChI is InChI=1S/C15H31NO4/c1-7-10(2)13(19)14(20)11(17)9-16(6)12(18)8-15(3,4)5/h10-11,13-14,17,19-20H,7-9H2,1-6H3. The Kier molecular flexibility index (Phi) is 7.70. The molecule has 120 valence electrons. The van der Waals surface area contributed by atoms with Gasteiger partial charge in [0.2, 0.25) is 5.91 Å². The van der Waals surface area contributed by atoms with Gasteiger partial charge in [0.1, 0.15) is 6.10 Å². The van der Waals surface area contributed by atoms with E-state index < -0.39 is 18.3 Å². The molecule has 0 aliphatic heterocycles. The molecule has 0 aliphatic carbocycles. The number of nitrogens with zero attached hydrogens (tertiary/aromatic N) is 1. The van der Waals surface area contributed by atoms with Crippen LogP contribution in [0, 0.1) is 11.3 Å². The predicted molar refractivity (Wildman–Crippen MR) is 79.2 cm³/mol. The lowest BCUT2D eigenvalue weighted by molar-refractivity contribution is -0.136. The van der Waals surface area contributed by atoms with Crippen LogP contribution >= 0.6 is 0 Å². The van der Waals surface area contributed by atoms with Crippen LogP contribution in [0.25, 0.3) is 0 Å². The minimum Gasteiger partial charge on any atom is -0.390 e. The molecule has 3 N–H and O–H groups in total. The van der Waals surface area contributed by atoms with Crippen molar-refractivity contribution in [1.29, 1.82) is 0 Å². The maximum absolute atomic E-state index is 11.9. The Morgan fingerprint density at radius 3 is 2.05 bits per heavy atom. The number of hydrogen-bond donors (Lipinski definition) is 3. The summed E-state index contributed by atoms with van der Waals surface area (Å²) in [4.78, 5) is 13.4. The van der Waals surface area contributed by atoms with E-state index in [-0.39, 0.29) is 23.8 Å². The van der Waals surface area contributed by atoms with Gasteiger partial charge in [-0.1, -0.05) is 41.0 Å². The van der Waals surface area contributed by atoms with E-state index in [1.54, 1.807) is 7.05 Å². The number of carbonyl (C=O) groups excluding carboxylic acids is 1. The summed E-state index contributed by atoms with van der Waals surface area (Å²) in [6.45, 7) is 9.65. The quantitative estimate of drug-likeness (QED) is 0.653. The second kappa shape index (κ2) is 7.96. The summed E-state index contributed by atoms with van der Waals surface area (Å²) in [5.41, 5.74) is -0.120. The van der Waals surface area contributed by atoms with Crippen LogP contribution in [-0.2, 0) is 4.79 Å². The van der Waals surface area contributed by atoms with Crippen molar-refractivity contribution < 1.29 is 20.1 Å². The highest BCUT2D eigenvalue weighted by Gasteiger charge is 2.30. The van der Waals surface area contributed by atoms with Gasteiger partial charge in [-0.05, 0) is 11.3 Å². The third kappa shape index (κ3) is 6.68. The first-order chi connectivity index (χ1) is 8.99. The molecule has 4 unspecified atom stereocenters. The number of rotatable bonds is 7. The van der Waals surface area contributed by atoms with E-state index in [1.807, 2.05) is 34.6 Å². The first kappa shape index (κ1) is 19.4. The number of hydrogen-bond acceptors (Lipinski definition) is 4. The smallest absolute Gasteiger partial charge is 0.222 e. The van der Waals surface area contributed by atoms with Crippen molar-refractivity contribution >= 4 is 5.91 Å². The third-order valence-electron chi connectivity index (χ3n) is 3.54. The maximum Gasteiger partial charge on any atom is 0.222 e. The maximum atomic E-state index is 11.9. The number of likely N-dealkylation sites (N-methyl/N-ethyl adjacent to an activating group) is 1. The van der Waals surface area contributed by atoms with Gasteiger partial charge in [-0.15, -0.1) is 0 Å². The molecule has 0 aromatic carbocycles. The molecule has 1 amide bonds. The fraction of sp³-hybridized carbons (Fsp3) is 0.933. The van der Waals surface area contributed by atoms with Crippen LogP contribution in [0.1, 0.15) is 47.5 Å². The molecule has 0 saturated carbocycles. The molecule has 0 saturated heterocycles. The minimum atomic E-state index is -1.24. The number of aliphatic hydroxyl groups excluding tert-OH is 3. The Hall–Kier alpha value is -0.650. The van der Waals surface area contributed by atoms with E-state index in [0.717, 1.165) is 0 Å². The predicted octanol–water partition coefficient (Wildman–Crippen LogP) is 1.01. The highest BCUT2D eigenvalue weighted by atomic mass is 16.4. The van der Waals surface area contributed by atoms with Crippen LogP contribution in [0.2, 0.25) is 0 Å². The van der Waals surface area contributed by atoms with Gasteiger partial charge in [-0.3, -0.25) is 4.79 Å². The molecule has 0 aliphatic rings. The van der Waals surface area contributed by atoms with E-state index in [0.29, 0.717) is 12.8 Å². The molecule has 0 aromatic heterocycles. The normalized spacial score (nSPS) is 18.2. The summed E-state index contributed by atoms with van der Waals surface area (Å²) in [6.07, 6.45) is -2.28. The van der Waals surface area contributed by atoms with E-state index >= 15 is 0 Å². The molecule has 0 bridgehead atoms. The van der Waals surface area contributed by atoms with E-state index in [1.165, 1.54) is 4.90 Å². The highest BCUT2D eigenvalue weighted by molar-refractivity contribution is 5.76. The molecule has 0 spiro atoms. The summed E-state index contributed by atoms with van der Waals surface area (Å²) in [7, 11) is 1.60. The lowest BCUT2D eigenvalue weighted by atomic mass is 9.91. The lowest BCUT2D eigenvalue weighted by Crippen LogP contribution is -2.47. The van der Waals surface area contributed by atoms with Crippen LogP contribution in [0.15, 0.2) is 0 Å². The van der Waals surface area contributed by atoms with Gasteiger partial charge in [0.05, 0.1) is 12.2 Å². The Balaban J connectivity index is 4.44. The molecule has 0 rings (SSSR count). The zero-order chi connectivity index (χ0) is 16.1. The second-order valence-electron chi connectivity index (χ2n) is 6.95. The monoisotopic (exact) mass is 289 g/mol. The molecule has 5 heteroatoms. The zero-order valence-corrected chi connectivity index (χ0v) is 13.6. The molecular weight excluding hydrogens is 258 g/mol. The molecule has 20 heavy (non-hydrogen) atoms. The largest absolute Gasteiger partial charge is 0.390 e. The Morgan fingerprint density at radius 2 is 1.65 bits per heavy atom. The first-order valence-electron chi connectivity index (χ1n) is 7.27. The topological polar surface area (TPSA) is 81.0 Å². The van der Waals surface area contributed by atoms with Crippen molar-refractivity contribution in [3.8, 4) is 0 Å². The van der Waals surface area contributed by atoms with E-state index in [9.17, 15) is 20.1 Å². The van der Waals surface area contributed by atoms with Crippen molar-refractivity contribution in [3.63, 3.8) is 0 Å². The second-order valence-corrected chi connectivity index (χ2v) is 6.95. The van der Waals surface area contributed by atoms with Crippen LogP contribution in [0.5, 0.6) is 0 Å². The number of aliphatic hydroxyl groups is 3. The lowest BCUT2D eigenvalue weighted by Gasteiger charge is -2.30. The summed E-state index contributed by atoms with van der Waals surface area (Å²) in [6, 6.07) is 0. The van der Waals surface area contributed by atoms with Crippen molar-refractivity contribution in [3.05, 3.63) is 0 Å². The van der Waals surface area contributed by atoms with Crippen LogP contribution < -0.4 is 0 Å². The van der Waals surface area contributed by atoms with Crippen molar-refractivity contribution in [2.75, 3.05) is 13.6 Å². The van der Waals surface area contributed by atoms with Crippen molar-refractivity contribution in [1.82, 2.24) is 4.90 Å². The van der Waals surface area contributed by atoms with Crippen LogP contribution in [0.4, 0.5) is 0 Å².